The second-order valence-electron chi connectivity index (χ2n) is 23.3. The fourth-order valence-electron chi connectivity index (χ4n) is 12.4. The highest BCUT2D eigenvalue weighted by atomic mass is 16.5. The van der Waals surface area contributed by atoms with Crippen molar-refractivity contribution in [2.24, 2.45) is 0 Å². The van der Waals surface area contributed by atoms with E-state index in [0.717, 1.165) is 162 Å². The number of H-pyrrole nitrogens is 2. The van der Waals surface area contributed by atoms with Crippen molar-refractivity contribution < 1.29 is 38.1 Å². The van der Waals surface area contributed by atoms with Crippen LogP contribution >= 0.6 is 0 Å². The summed E-state index contributed by atoms with van der Waals surface area (Å²) in [6.07, 6.45) is 6.60. The normalized spacial score (nSPS) is 11.5. The molecule has 12 heteroatoms. The molecule has 13 rings (SSSR count). The maximum atomic E-state index is 13.6. The Morgan fingerprint density at radius 1 is 0.293 bits per heavy atom. The molecule has 2 aromatic heterocycles. The molecule has 2 aliphatic heterocycles. The third-order valence-electron chi connectivity index (χ3n) is 17.3. The first-order chi connectivity index (χ1) is 45.2. The predicted molar refractivity (Wildman–Crippen MR) is 367 cm³/mol. The lowest BCUT2D eigenvalue weighted by atomic mass is 9.93. The van der Waals surface area contributed by atoms with Gasteiger partial charge in [-0.25, -0.2) is 29.1 Å². The minimum absolute atomic E-state index is 0.323. The smallest absolute Gasteiger partial charge is 0.338 e. The van der Waals surface area contributed by atoms with E-state index in [-0.39, 0.29) is 0 Å². The zero-order valence-corrected chi connectivity index (χ0v) is 52.1. The number of hydrogen-bond donors (Lipinski definition) is 2. The molecule has 0 spiro atoms. The van der Waals surface area contributed by atoms with Crippen LogP contribution in [-0.4, -0.2) is 70.2 Å². The first-order valence-electron chi connectivity index (χ1n) is 32.1. The van der Waals surface area contributed by atoms with Crippen molar-refractivity contribution >= 4 is 67.5 Å². The predicted octanol–water partition coefficient (Wildman–Crippen LogP) is 19.8. The Kier molecular flexibility index (Phi) is 17.5. The van der Waals surface area contributed by atoms with Crippen LogP contribution in [0, 0.1) is 0 Å². The minimum Gasteiger partial charge on any atom is -0.462 e. The molecule has 8 bridgehead atoms. The van der Waals surface area contributed by atoms with Gasteiger partial charge < -0.3 is 28.9 Å². The highest BCUT2D eigenvalue weighted by Gasteiger charge is 2.31. The fraction of sp³-hybridized carbons (Fsp3) is 0.200. The number of esters is 4. The number of rotatable bonds is 20. The Morgan fingerprint density at radius 3 is 0.707 bits per heavy atom. The Hall–Kier alpha value is -10.7. The third kappa shape index (κ3) is 11.5. The molecule has 3 aliphatic rings. The number of nitrogens with one attached hydrogen (secondary N) is 2. The molecule has 0 atom stereocenters. The molecule has 4 heterocycles. The number of unbranched alkanes of at least 4 members (excludes halogenated alkanes) is 4. The largest absolute Gasteiger partial charge is 0.462 e. The van der Waals surface area contributed by atoms with Gasteiger partial charge in [-0.05, 0) is 96.5 Å². The van der Waals surface area contributed by atoms with Gasteiger partial charge in [0.05, 0.1) is 93.5 Å². The van der Waals surface area contributed by atoms with Gasteiger partial charge in [0.15, 0.2) is 0 Å². The van der Waals surface area contributed by atoms with E-state index in [0.29, 0.717) is 71.5 Å². The van der Waals surface area contributed by atoms with Gasteiger partial charge in [0.1, 0.15) is 0 Å². The van der Waals surface area contributed by atoms with Crippen molar-refractivity contribution in [2.45, 2.75) is 79.1 Å². The van der Waals surface area contributed by atoms with Crippen molar-refractivity contribution in [1.82, 2.24) is 19.9 Å². The van der Waals surface area contributed by atoms with Crippen LogP contribution in [0.4, 0.5) is 0 Å². The van der Waals surface area contributed by atoms with Crippen LogP contribution in [0.15, 0.2) is 194 Å². The van der Waals surface area contributed by atoms with Gasteiger partial charge in [-0.2, -0.15) is 0 Å². The molecule has 0 fully saturated rings. The first-order valence-corrected chi connectivity index (χ1v) is 32.1. The fourth-order valence-corrected chi connectivity index (χ4v) is 12.4. The van der Waals surface area contributed by atoms with E-state index in [1.165, 1.54) is 0 Å². The van der Waals surface area contributed by atoms with Crippen molar-refractivity contribution in [3.63, 3.8) is 0 Å². The monoisotopic (exact) mass is 1210 g/mol. The van der Waals surface area contributed by atoms with E-state index in [1.54, 1.807) is 0 Å². The number of ether oxygens (including phenoxy) is 4. The molecule has 0 saturated heterocycles. The zero-order valence-electron chi connectivity index (χ0n) is 52.1. The van der Waals surface area contributed by atoms with Gasteiger partial charge in [-0.3, -0.25) is 0 Å². The third-order valence-corrected chi connectivity index (χ3v) is 17.3. The van der Waals surface area contributed by atoms with E-state index in [2.05, 4.69) is 86.2 Å². The van der Waals surface area contributed by atoms with Crippen molar-refractivity contribution in [1.29, 1.82) is 0 Å². The Balaban J connectivity index is 1.22. The summed E-state index contributed by atoms with van der Waals surface area (Å²) in [7, 11) is 0. The van der Waals surface area contributed by atoms with Gasteiger partial charge in [-0.1, -0.05) is 199 Å². The highest BCUT2D eigenvalue weighted by Crippen LogP contribution is 2.52. The van der Waals surface area contributed by atoms with Crippen LogP contribution < -0.4 is 0 Å². The summed E-state index contributed by atoms with van der Waals surface area (Å²) < 4.78 is 22.9. The van der Waals surface area contributed by atoms with E-state index in [1.807, 2.05) is 146 Å². The molecule has 92 heavy (non-hydrogen) atoms. The Bertz CT molecular complexity index is 4210. The molecule has 10 aromatic rings. The molecule has 0 amide bonds. The van der Waals surface area contributed by atoms with Crippen LogP contribution in [0.2, 0.25) is 0 Å². The van der Waals surface area contributed by atoms with Crippen LogP contribution in [0.1, 0.15) is 120 Å². The van der Waals surface area contributed by atoms with E-state index in [4.69, 9.17) is 28.9 Å². The van der Waals surface area contributed by atoms with Crippen molar-refractivity contribution in [2.75, 3.05) is 26.4 Å². The number of carbonyl (C=O) groups excluding carboxylic acids is 4. The lowest BCUT2D eigenvalue weighted by Gasteiger charge is -2.10. The van der Waals surface area contributed by atoms with Crippen LogP contribution in [0.5, 0.6) is 0 Å². The summed E-state index contributed by atoms with van der Waals surface area (Å²) in [5, 5.41) is 3.59. The summed E-state index contributed by atoms with van der Waals surface area (Å²) in [4.78, 5) is 74.6. The Morgan fingerprint density at radius 2 is 0.500 bits per heavy atom. The Labute approximate surface area is 534 Å². The maximum absolute atomic E-state index is 13.6. The summed E-state index contributed by atoms with van der Waals surface area (Å²) in [6.45, 7) is 9.54. The first kappa shape index (κ1) is 60.2. The molecule has 1 aliphatic carbocycles. The van der Waals surface area contributed by atoms with Gasteiger partial charge in [0, 0.05) is 66.1 Å². The number of aromatic amines is 2. The van der Waals surface area contributed by atoms with Gasteiger partial charge in [0.2, 0.25) is 0 Å². The average molecular weight is 1220 g/mol. The van der Waals surface area contributed by atoms with E-state index >= 15 is 0 Å². The van der Waals surface area contributed by atoms with Crippen molar-refractivity contribution in [3.8, 4) is 89.5 Å². The second-order valence-corrected chi connectivity index (χ2v) is 23.3. The number of nitrogens with zero attached hydrogens (tertiary/aromatic N) is 2. The second kappa shape index (κ2) is 26.8. The van der Waals surface area contributed by atoms with Crippen LogP contribution in [0.25, 0.3) is 133 Å². The summed E-state index contributed by atoms with van der Waals surface area (Å²) in [5.41, 5.74) is 17.2. The molecular weight excluding hydrogens is 1140 g/mol. The zero-order chi connectivity index (χ0) is 63.2. The molecule has 12 nitrogen and oxygen atoms in total. The number of hydrogen-bond acceptors (Lipinski definition) is 10. The quantitative estimate of drug-likeness (QED) is 0.0427. The maximum Gasteiger partial charge on any atom is 0.338 e. The van der Waals surface area contributed by atoms with E-state index < -0.39 is 23.9 Å². The standard InChI is InChI=1S/C80H70N4O8/c1-5-9-45-89-77(85)53-37-29-49(30-38-53)65-69-57-21-13-15-23-59(57)71(81-69)66(50-31-39-54(40-32-50)78(86)90-46-10-6-2)73-61-25-17-19-27-63(61)75(83-73)68(52-35-43-56(44-36-52)80(88)92-48-12-8-4)76-64-28-20-18-26-62(64)74(84-76)67(72-60-24-16-14-22-58(60)70(65)82-72)51-33-41-55(42-34-51)79(87)91-47-11-7-3/h13-44,81,84H,5-12,45-48H2,1-4H3. The molecule has 2 N–H and O–H groups in total. The topological polar surface area (TPSA) is 163 Å². The average Bonchev–Trinajstić information content (AvgIpc) is 1.57. The lowest BCUT2D eigenvalue weighted by molar-refractivity contribution is 0.0490. The molecule has 0 radical (unpaired) electrons. The minimum atomic E-state index is -0.398. The molecule has 458 valence electrons. The number of benzene rings is 8. The van der Waals surface area contributed by atoms with Gasteiger partial charge >= 0.3 is 23.9 Å². The number of aromatic nitrogens is 4. The van der Waals surface area contributed by atoms with E-state index in [9.17, 15) is 19.2 Å². The van der Waals surface area contributed by atoms with Crippen LogP contribution in [0.3, 0.4) is 0 Å². The van der Waals surface area contributed by atoms with Crippen LogP contribution in [-0.2, 0) is 18.9 Å². The molecule has 0 saturated carbocycles. The highest BCUT2D eigenvalue weighted by molar-refractivity contribution is 6.22. The molecule has 0 unspecified atom stereocenters. The van der Waals surface area contributed by atoms with Gasteiger partial charge in [-0.15, -0.1) is 0 Å². The summed E-state index contributed by atoms with van der Waals surface area (Å²) >= 11 is 0. The van der Waals surface area contributed by atoms with Crippen molar-refractivity contribution in [3.05, 3.63) is 216 Å². The summed E-state index contributed by atoms with van der Waals surface area (Å²) in [6, 6.07) is 63.5. The molecular formula is C80H70N4O8. The number of carbonyl (C=O) groups is 4. The van der Waals surface area contributed by atoms with Gasteiger partial charge in [0.25, 0.3) is 0 Å². The molecule has 8 aromatic carbocycles. The lowest BCUT2D eigenvalue weighted by Crippen LogP contribution is -2.06. The SMILES string of the molecule is CCCCOC(=O)c1ccc(-c2c3nc(c(-c4ccc(C(=O)OCCCC)cc4)c4[nH]c(c(-c5ccc(C(=O)OCCCC)cc5)c5nc(c(-c6ccc(C(=O)OCCCC)cc6)c6[nH]c2c2ccccc62)-c2ccccc2-5)c2ccccc42)-c2ccccc2-3)cc1. The summed E-state index contributed by atoms with van der Waals surface area (Å²) in [5.74, 6) is -1.59.